The average molecular weight is 272 g/mol. The highest BCUT2D eigenvalue weighted by molar-refractivity contribution is 5.87. The van der Waals surface area contributed by atoms with Crippen molar-refractivity contribution in [2.24, 2.45) is 7.05 Å². The van der Waals surface area contributed by atoms with Gasteiger partial charge in [0.15, 0.2) is 11.5 Å². The van der Waals surface area contributed by atoms with Gasteiger partial charge in [0.25, 0.3) is 0 Å². The number of halogens is 1. The molecule has 6 heteroatoms. The fraction of sp³-hybridized carbons (Fsp3) is 0.417. The van der Waals surface area contributed by atoms with Gasteiger partial charge in [-0.1, -0.05) is 0 Å². The van der Waals surface area contributed by atoms with E-state index >= 15 is 0 Å². The van der Waals surface area contributed by atoms with Crippen molar-refractivity contribution in [3.8, 4) is 11.5 Å². The fourth-order valence-electron chi connectivity index (χ4n) is 1.96. The van der Waals surface area contributed by atoms with E-state index in [1.807, 2.05) is 42.7 Å². The second-order valence-electron chi connectivity index (χ2n) is 4.03. The lowest BCUT2D eigenvalue weighted by atomic mass is 10.2. The zero-order valence-corrected chi connectivity index (χ0v) is 12.0. The van der Waals surface area contributed by atoms with Crippen LogP contribution in [0.25, 0.3) is 11.0 Å². The molecule has 1 heterocycles. The van der Waals surface area contributed by atoms with Crippen LogP contribution in [0.5, 0.6) is 11.5 Å². The molecule has 2 aromatic rings. The second kappa shape index (κ2) is 5.35. The molecule has 0 N–H and O–H groups in total. The van der Waals surface area contributed by atoms with Crippen molar-refractivity contribution in [1.82, 2.24) is 9.55 Å². The molecule has 18 heavy (non-hydrogen) atoms. The first-order chi connectivity index (χ1) is 8.10. The Labute approximate surface area is 113 Å². The smallest absolute Gasteiger partial charge is 0.205 e. The van der Waals surface area contributed by atoms with Crippen LogP contribution in [0.1, 0.15) is 0 Å². The highest BCUT2D eigenvalue weighted by Gasteiger charge is 2.16. The van der Waals surface area contributed by atoms with Gasteiger partial charge >= 0.3 is 0 Å². The van der Waals surface area contributed by atoms with Crippen molar-refractivity contribution in [1.29, 1.82) is 0 Å². The zero-order valence-electron chi connectivity index (χ0n) is 11.2. The monoisotopic (exact) mass is 271 g/mol. The minimum absolute atomic E-state index is 0. The van der Waals surface area contributed by atoms with E-state index in [2.05, 4.69) is 4.98 Å². The van der Waals surface area contributed by atoms with Crippen LogP contribution in [0, 0.1) is 0 Å². The molecule has 0 aliphatic heterocycles. The Kier molecular flexibility index (Phi) is 4.29. The summed E-state index contributed by atoms with van der Waals surface area (Å²) in [5, 5.41) is 0. The molecule has 0 radical (unpaired) electrons. The normalized spacial score (nSPS) is 10.1. The minimum Gasteiger partial charge on any atom is -0.493 e. The molecule has 0 saturated heterocycles. The highest BCUT2D eigenvalue weighted by atomic mass is 35.5. The van der Waals surface area contributed by atoms with E-state index in [0.717, 1.165) is 17.0 Å². The van der Waals surface area contributed by atoms with Crippen LogP contribution in [-0.2, 0) is 7.05 Å². The van der Waals surface area contributed by atoms with E-state index in [4.69, 9.17) is 9.47 Å². The topological polar surface area (TPSA) is 39.5 Å². The molecule has 1 aromatic carbocycles. The summed E-state index contributed by atoms with van der Waals surface area (Å²) in [6.07, 6.45) is 0. The molecule has 0 aliphatic carbocycles. The Morgan fingerprint density at radius 1 is 1.17 bits per heavy atom. The summed E-state index contributed by atoms with van der Waals surface area (Å²) in [7, 11) is 9.16. The lowest BCUT2D eigenvalue weighted by Gasteiger charge is -2.10. The Hall–Kier alpha value is -1.62. The predicted molar refractivity (Wildman–Crippen MR) is 75.4 cm³/mol. The number of rotatable bonds is 3. The SMILES string of the molecule is COc1ccc2c(nc(N(C)C)n2C)c1OC.Cl. The van der Waals surface area contributed by atoms with E-state index < -0.39 is 0 Å². The van der Waals surface area contributed by atoms with Crippen molar-refractivity contribution in [3.63, 3.8) is 0 Å². The standard InChI is InChI=1S/C12H17N3O2.ClH/c1-14(2)12-13-10-8(15(12)3)6-7-9(16-4)11(10)17-5;/h6-7H,1-5H3;1H. The van der Waals surface area contributed by atoms with Crippen molar-refractivity contribution < 1.29 is 9.47 Å². The quantitative estimate of drug-likeness (QED) is 0.857. The number of hydrogen-bond acceptors (Lipinski definition) is 4. The summed E-state index contributed by atoms with van der Waals surface area (Å²) < 4.78 is 12.7. The summed E-state index contributed by atoms with van der Waals surface area (Å²) in [5.74, 6) is 2.25. The van der Waals surface area contributed by atoms with E-state index in [1.54, 1.807) is 14.2 Å². The second-order valence-corrected chi connectivity index (χ2v) is 4.03. The molecule has 2 rings (SSSR count). The molecule has 1 aromatic heterocycles. The van der Waals surface area contributed by atoms with E-state index in [9.17, 15) is 0 Å². The Morgan fingerprint density at radius 2 is 1.83 bits per heavy atom. The van der Waals surface area contributed by atoms with Crippen LogP contribution in [-0.4, -0.2) is 37.9 Å². The van der Waals surface area contributed by atoms with Crippen LogP contribution in [0.3, 0.4) is 0 Å². The first-order valence-corrected chi connectivity index (χ1v) is 5.35. The molecule has 0 bridgehead atoms. The maximum Gasteiger partial charge on any atom is 0.205 e. The molecule has 5 nitrogen and oxygen atoms in total. The van der Waals surface area contributed by atoms with Crippen LogP contribution in [0.4, 0.5) is 5.95 Å². The molecule has 0 aliphatic rings. The third-order valence-corrected chi connectivity index (χ3v) is 2.77. The maximum atomic E-state index is 5.38. The van der Waals surface area contributed by atoms with Gasteiger partial charge in [0, 0.05) is 21.1 Å². The van der Waals surface area contributed by atoms with Gasteiger partial charge in [-0.05, 0) is 12.1 Å². The Balaban J connectivity index is 0.00000162. The first-order valence-electron chi connectivity index (χ1n) is 5.35. The third kappa shape index (κ3) is 2.06. The summed E-state index contributed by atoms with van der Waals surface area (Å²) >= 11 is 0. The van der Waals surface area contributed by atoms with Gasteiger partial charge in [0.05, 0.1) is 19.7 Å². The molecular formula is C12H18ClN3O2. The van der Waals surface area contributed by atoms with Crippen molar-refractivity contribution >= 4 is 29.4 Å². The molecule has 0 fully saturated rings. The number of aromatic nitrogens is 2. The number of aryl methyl sites for hydroxylation is 1. The summed E-state index contributed by atoms with van der Waals surface area (Å²) in [6.45, 7) is 0. The number of anilines is 1. The molecular weight excluding hydrogens is 254 g/mol. The van der Waals surface area contributed by atoms with Gasteiger partial charge in [0.1, 0.15) is 5.52 Å². The fourth-order valence-corrected chi connectivity index (χ4v) is 1.96. The maximum absolute atomic E-state index is 5.38. The average Bonchev–Trinajstić information content (AvgIpc) is 2.65. The lowest BCUT2D eigenvalue weighted by molar-refractivity contribution is 0.358. The molecule has 0 unspecified atom stereocenters. The van der Waals surface area contributed by atoms with Crippen LogP contribution >= 0.6 is 12.4 Å². The van der Waals surface area contributed by atoms with Crippen LogP contribution < -0.4 is 14.4 Å². The zero-order chi connectivity index (χ0) is 12.6. The third-order valence-electron chi connectivity index (χ3n) is 2.77. The van der Waals surface area contributed by atoms with E-state index in [0.29, 0.717) is 11.5 Å². The molecule has 0 atom stereocenters. The van der Waals surface area contributed by atoms with Gasteiger partial charge in [-0.25, -0.2) is 4.98 Å². The van der Waals surface area contributed by atoms with Gasteiger partial charge in [-0.3, -0.25) is 0 Å². The number of imidazole rings is 1. The number of ether oxygens (including phenoxy) is 2. The number of methoxy groups -OCH3 is 2. The van der Waals surface area contributed by atoms with Crippen LogP contribution in [0.15, 0.2) is 12.1 Å². The van der Waals surface area contributed by atoms with Gasteiger partial charge in [-0.2, -0.15) is 0 Å². The molecule has 0 saturated carbocycles. The molecule has 0 amide bonds. The molecule has 0 spiro atoms. The van der Waals surface area contributed by atoms with Gasteiger partial charge in [-0.15, -0.1) is 12.4 Å². The summed E-state index contributed by atoms with van der Waals surface area (Å²) in [5.41, 5.74) is 1.84. The summed E-state index contributed by atoms with van der Waals surface area (Å²) in [4.78, 5) is 6.54. The van der Waals surface area contributed by atoms with Crippen molar-refractivity contribution in [3.05, 3.63) is 12.1 Å². The number of hydrogen-bond donors (Lipinski definition) is 0. The van der Waals surface area contributed by atoms with Crippen LogP contribution in [0.2, 0.25) is 0 Å². The number of fused-ring (bicyclic) bond motifs is 1. The van der Waals surface area contributed by atoms with Crippen molar-refractivity contribution in [2.75, 3.05) is 33.2 Å². The number of benzene rings is 1. The first kappa shape index (κ1) is 14.4. The predicted octanol–water partition coefficient (Wildman–Crippen LogP) is 2.08. The highest BCUT2D eigenvalue weighted by Crippen LogP contribution is 2.36. The van der Waals surface area contributed by atoms with Gasteiger partial charge in [0.2, 0.25) is 5.95 Å². The lowest BCUT2D eigenvalue weighted by Crippen LogP contribution is -2.13. The largest absolute Gasteiger partial charge is 0.493 e. The Morgan fingerprint density at radius 3 is 2.33 bits per heavy atom. The summed E-state index contributed by atoms with van der Waals surface area (Å²) in [6, 6.07) is 3.87. The minimum atomic E-state index is 0. The molecule has 100 valence electrons. The van der Waals surface area contributed by atoms with E-state index in [1.165, 1.54) is 0 Å². The van der Waals surface area contributed by atoms with Crippen molar-refractivity contribution in [2.45, 2.75) is 0 Å². The van der Waals surface area contributed by atoms with E-state index in [-0.39, 0.29) is 12.4 Å². The Bertz CT molecular complexity index is 552. The van der Waals surface area contributed by atoms with Gasteiger partial charge < -0.3 is 18.9 Å². The number of nitrogens with zero attached hydrogens (tertiary/aromatic N) is 3.